The van der Waals surface area contributed by atoms with Crippen molar-refractivity contribution in [1.82, 2.24) is 10.6 Å². The quantitative estimate of drug-likeness (QED) is 0.457. The number of carbonyl (C=O) groups is 1. The second-order valence-electron chi connectivity index (χ2n) is 6.20. The first-order valence-corrected chi connectivity index (χ1v) is 7.67. The van der Waals surface area contributed by atoms with Gasteiger partial charge in [-0.15, -0.1) is 0 Å². The fourth-order valence-electron chi connectivity index (χ4n) is 2.08. The summed E-state index contributed by atoms with van der Waals surface area (Å²) < 4.78 is 5.15. The van der Waals surface area contributed by atoms with Crippen molar-refractivity contribution in [2.24, 2.45) is 0 Å². The van der Waals surface area contributed by atoms with Crippen LogP contribution in [0.4, 0.5) is 10.5 Å². The standard InChI is InChI=1S/C16H25N3O4/c1-5-14(12-7-6-8-13(11-12)19(21)22)17-9-10-18-15(20)23-16(2,3)4/h6-8,11,14,17H,5,9-10H2,1-4H3,(H,18,20). The molecular formula is C16H25N3O4. The topological polar surface area (TPSA) is 93.5 Å². The third-order valence-corrected chi connectivity index (χ3v) is 3.08. The Labute approximate surface area is 136 Å². The Kier molecular flexibility index (Phi) is 6.96. The number of amides is 1. The maximum Gasteiger partial charge on any atom is 0.407 e. The van der Waals surface area contributed by atoms with E-state index in [1.807, 2.05) is 13.0 Å². The molecule has 23 heavy (non-hydrogen) atoms. The number of nitrogens with one attached hydrogen (secondary N) is 2. The number of nitrogens with zero attached hydrogens (tertiary/aromatic N) is 1. The van der Waals surface area contributed by atoms with Gasteiger partial charge >= 0.3 is 6.09 Å². The van der Waals surface area contributed by atoms with Crippen LogP contribution in [-0.2, 0) is 4.74 Å². The summed E-state index contributed by atoms with van der Waals surface area (Å²) in [5.74, 6) is 0. The van der Waals surface area contributed by atoms with E-state index in [4.69, 9.17) is 4.74 Å². The van der Waals surface area contributed by atoms with E-state index in [2.05, 4.69) is 10.6 Å². The summed E-state index contributed by atoms with van der Waals surface area (Å²) >= 11 is 0. The highest BCUT2D eigenvalue weighted by Gasteiger charge is 2.16. The summed E-state index contributed by atoms with van der Waals surface area (Å²) in [6.45, 7) is 8.37. The van der Waals surface area contributed by atoms with Gasteiger partial charge in [0.1, 0.15) is 5.60 Å². The van der Waals surface area contributed by atoms with E-state index >= 15 is 0 Å². The first-order valence-electron chi connectivity index (χ1n) is 7.67. The minimum absolute atomic E-state index is 0.00432. The van der Waals surface area contributed by atoms with Crippen LogP contribution in [0, 0.1) is 10.1 Å². The summed E-state index contributed by atoms with van der Waals surface area (Å²) in [6.07, 6.45) is 0.329. The van der Waals surface area contributed by atoms with Crippen molar-refractivity contribution in [3.63, 3.8) is 0 Å². The molecule has 1 atom stereocenters. The van der Waals surface area contributed by atoms with Crippen molar-refractivity contribution in [2.45, 2.75) is 45.8 Å². The Balaban J connectivity index is 2.47. The van der Waals surface area contributed by atoms with Crippen LogP contribution in [0.3, 0.4) is 0 Å². The number of rotatable bonds is 7. The van der Waals surface area contributed by atoms with Gasteiger partial charge in [-0.3, -0.25) is 10.1 Å². The van der Waals surface area contributed by atoms with Gasteiger partial charge in [0.05, 0.1) is 4.92 Å². The summed E-state index contributed by atoms with van der Waals surface area (Å²) in [5, 5.41) is 16.8. The third-order valence-electron chi connectivity index (χ3n) is 3.08. The van der Waals surface area contributed by atoms with E-state index in [9.17, 15) is 14.9 Å². The summed E-state index contributed by atoms with van der Waals surface area (Å²) in [6, 6.07) is 6.57. The predicted octanol–water partition coefficient (Wildman–Crippen LogP) is 3.16. The van der Waals surface area contributed by atoms with Gasteiger partial charge < -0.3 is 15.4 Å². The molecule has 0 aliphatic heterocycles. The van der Waals surface area contributed by atoms with Crippen molar-refractivity contribution in [3.8, 4) is 0 Å². The van der Waals surface area contributed by atoms with Crippen LogP contribution in [0.5, 0.6) is 0 Å². The van der Waals surface area contributed by atoms with Crippen molar-refractivity contribution in [3.05, 3.63) is 39.9 Å². The van der Waals surface area contributed by atoms with E-state index in [1.54, 1.807) is 32.9 Å². The van der Waals surface area contributed by atoms with Crippen LogP contribution in [0.25, 0.3) is 0 Å². The van der Waals surface area contributed by atoms with Gasteiger partial charge in [-0.2, -0.15) is 0 Å². The number of nitro benzene ring substituents is 1. The lowest BCUT2D eigenvalue weighted by Gasteiger charge is -2.20. The highest BCUT2D eigenvalue weighted by Crippen LogP contribution is 2.21. The number of nitro groups is 1. The second kappa shape index (κ2) is 8.47. The number of benzene rings is 1. The van der Waals surface area contributed by atoms with Crippen LogP contribution < -0.4 is 10.6 Å². The minimum atomic E-state index is -0.521. The minimum Gasteiger partial charge on any atom is -0.444 e. The fraction of sp³-hybridized carbons (Fsp3) is 0.562. The zero-order valence-corrected chi connectivity index (χ0v) is 14.1. The van der Waals surface area contributed by atoms with Crippen LogP contribution in [0.1, 0.15) is 45.7 Å². The molecule has 0 spiro atoms. The van der Waals surface area contributed by atoms with Gasteiger partial charge in [0.2, 0.25) is 0 Å². The molecule has 0 heterocycles. The number of ether oxygens (including phenoxy) is 1. The van der Waals surface area contributed by atoms with E-state index in [0.717, 1.165) is 12.0 Å². The number of hydrogen-bond acceptors (Lipinski definition) is 5. The summed E-state index contributed by atoms with van der Waals surface area (Å²) in [4.78, 5) is 22.0. The molecule has 0 saturated heterocycles. The van der Waals surface area contributed by atoms with Crippen molar-refractivity contribution >= 4 is 11.8 Å². The van der Waals surface area contributed by atoms with Gasteiger partial charge in [-0.05, 0) is 32.8 Å². The van der Waals surface area contributed by atoms with Gasteiger partial charge in [0.25, 0.3) is 5.69 Å². The lowest BCUT2D eigenvalue weighted by Crippen LogP contribution is -2.37. The van der Waals surface area contributed by atoms with E-state index in [0.29, 0.717) is 13.1 Å². The Hall–Kier alpha value is -2.15. The molecule has 0 bridgehead atoms. The number of hydrogen-bond donors (Lipinski definition) is 2. The summed E-state index contributed by atoms with van der Waals surface area (Å²) in [7, 11) is 0. The third kappa shape index (κ3) is 7.10. The Morgan fingerprint density at radius 3 is 2.61 bits per heavy atom. The highest BCUT2D eigenvalue weighted by atomic mass is 16.6. The first kappa shape index (κ1) is 18.9. The smallest absolute Gasteiger partial charge is 0.407 e. The average Bonchev–Trinajstić information content (AvgIpc) is 2.45. The molecule has 0 saturated carbocycles. The molecular weight excluding hydrogens is 298 g/mol. The second-order valence-corrected chi connectivity index (χ2v) is 6.20. The highest BCUT2D eigenvalue weighted by molar-refractivity contribution is 5.67. The SMILES string of the molecule is CCC(NCCNC(=O)OC(C)(C)C)c1cccc([N+](=O)[O-])c1. The van der Waals surface area contributed by atoms with Crippen LogP contribution >= 0.6 is 0 Å². The molecule has 1 aromatic rings. The van der Waals surface area contributed by atoms with Crippen molar-refractivity contribution < 1.29 is 14.5 Å². The molecule has 1 unspecified atom stereocenters. The fourth-order valence-corrected chi connectivity index (χ4v) is 2.08. The van der Waals surface area contributed by atoms with Crippen LogP contribution in [0.15, 0.2) is 24.3 Å². The lowest BCUT2D eigenvalue weighted by molar-refractivity contribution is -0.384. The van der Waals surface area contributed by atoms with Crippen LogP contribution in [-0.4, -0.2) is 29.7 Å². The maximum absolute atomic E-state index is 11.5. The molecule has 0 fully saturated rings. The lowest BCUT2D eigenvalue weighted by atomic mass is 10.0. The van der Waals surface area contributed by atoms with E-state index in [1.165, 1.54) is 6.07 Å². The molecule has 1 aromatic carbocycles. The molecule has 0 aromatic heterocycles. The molecule has 2 N–H and O–H groups in total. The Morgan fingerprint density at radius 2 is 2.04 bits per heavy atom. The summed E-state index contributed by atoms with van der Waals surface area (Å²) in [5.41, 5.74) is 0.417. The van der Waals surface area contributed by atoms with Gasteiger partial charge in [0, 0.05) is 31.3 Å². The van der Waals surface area contributed by atoms with Gasteiger partial charge in [-0.25, -0.2) is 4.79 Å². The largest absolute Gasteiger partial charge is 0.444 e. The van der Waals surface area contributed by atoms with Gasteiger partial charge in [-0.1, -0.05) is 19.1 Å². The molecule has 0 radical (unpaired) electrons. The molecule has 0 aliphatic carbocycles. The Morgan fingerprint density at radius 1 is 1.35 bits per heavy atom. The zero-order chi connectivity index (χ0) is 17.5. The van der Waals surface area contributed by atoms with Gasteiger partial charge in [0.15, 0.2) is 0 Å². The predicted molar refractivity (Wildman–Crippen MR) is 88.4 cm³/mol. The molecule has 1 amide bonds. The number of alkyl carbamates (subject to hydrolysis) is 1. The van der Waals surface area contributed by atoms with Crippen molar-refractivity contribution in [2.75, 3.05) is 13.1 Å². The van der Waals surface area contributed by atoms with Crippen LogP contribution in [0.2, 0.25) is 0 Å². The average molecular weight is 323 g/mol. The normalized spacial score (nSPS) is 12.5. The Bertz CT molecular complexity index is 540. The zero-order valence-electron chi connectivity index (χ0n) is 14.1. The number of non-ortho nitro benzene ring substituents is 1. The molecule has 1 rings (SSSR count). The number of carbonyl (C=O) groups excluding carboxylic acids is 1. The molecule has 7 heteroatoms. The molecule has 7 nitrogen and oxygen atoms in total. The van der Waals surface area contributed by atoms with E-state index < -0.39 is 16.6 Å². The molecule has 128 valence electrons. The monoisotopic (exact) mass is 323 g/mol. The van der Waals surface area contributed by atoms with E-state index in [-0.39, 0.29) is 11.7 Å². The molecule has 0 aliphatic rings. The first-order chi connectivity index (χ1) is 10.7. The van der Waals surface area contributed by atoms with Crippen molar-refractivity contribution in [1.29, 1.82) is 0 Å². The maximum atomic E-state index is 11.5.